The zero-order chi connectivity index (χ0) is 17.4. The van der Waals surface area contributed by atoms with Crippen LogP contribution in [-0.2, 0) is 0 Å². The maximum Gasteiger partial charge on any atom is 0.231 e. The van der Waals surface area contributed by atoms with Gasteiger partial charge in [0.1, 0.15) is 17.6 Å². The lowest BCUT2D eigenvalue weighted by atomic mass is 10.1. The predicted molar refractivity (Wildman–Crippen MR) is 96.4 cm³/mol. The summed E-state index contributed by atoms with van der Waals surface area (Å²) in [5.41, 5.74) is 2.79. The number of aromatic amines is 1. The van der Waals surface area contributed by atoms with E-state index in [1.807, 2.05) is 30.3 Å². The molecule has 124 valence electrons. The predicted octanol–water partition coefficient (Wildman–Crippen LogP) is 4.13. The second kappa shape index (κ2) is 6.15. The van der Waals surface area contributed by atoms with Crippen molar-refractivity contribution in [1.82, 2.24) is 9.97 Å². The molecule has 6 nitrogen and oxygen atoms in total. The number of ether oxygens (including phenoxy) is 3. The van der Waals surface area contributed by atoms with Gasteiger partial charge in [0.25, 0.3) is 0 Å². The Bertz CT molecular complexity index is 1050. The number of methoxy groups -OCH3 is 1. The van der Waals surface area contributed by atoms with Gasteiger partial charge in [-0.1, -0.05) is 15.9 Å². The monoisotopic (exact) mass is 397 g/mol. The number of aromatic nitrogens is 2. The van der Waals surface area contributed by atoms with Crippen molar-refractivity contribution in [2.45, 2.75) is 0 Å². The second-order valence-electron chi connectivity index (χ2n) is 5.37. The first-order chi connectivity index (χ1) is 12.2. The summed E-state index contributed by atoms with van der Waals surface area (Å²) in [6, 6.07) is 11.4. The van der Waals surface area contributed by atoms with Crippen LogP contribution in [0.5, 0.6) is 17.2 Å². The minimum atomic E-state index is 0.200. The third-order valence-electron chi connectivity index (χ3n) is 3.86. The summed E-state index contributed by atoms with van der Waals surface area (Å²) < 4.78 is 16.8. The molecule has 0 unspecified atom stereocenters. The first-order valence-corrected chi connectivity index (χ1v) is 8.22. The van der Waals surface area contributed by atoms with E-state index < -0.39 is 0 Å². The first kappa shape index (κ1) is 15.5. The van der Waals surface area contributed by atoms with Crippen molar-refractivity contribution in [2.24, 2.45) is 0 Å². The van der Waals surface area contributed by atoms with Crippen molar-refractivity contribution in [1.29, 1.82) is 5.26 Å². The van der Waals surface area contributed by atoms with Crippen LogP contribution < -0.4 is 14.2 Å². The summed E-state index contributed by atoms with van der Waals surface area (Å²) in [6.07, 6.45) is 1.75. The van der Waals surface area contributed by atoms with E-state index in [9.17, 15) is 5.26 Å². The number of H-pyrrole nitrogens is 1. The number of nitrogens with one attached hydrogen (secondary N) is 1. The van der Waals surface area contributed by atoms with Gasteiger partial charge in [0.05, 0.1) is 23.7 Å². The zero-order valence-corrected chi connectivity index (χ0v) is 14.8. The smallest absolute Gasteiger partial charge is 0.231 e. The summed E-state index contributed by atoms with van der Waals surface area (Å²) in [7, 11) is 1.61. The van der Waals surface area contributed by atoms with Crippen LogP contribution in [0.4, 0.5) is 0 Å². The average Bonchev–Trinajstić information content (AvgIpc) is 3.24. The average molecular weight is 398 g/mol. The van der Waals surface area contributed by atoms with Crippen molar-refractivity contribution in [3.8, 4) is 23.3 Å². The minimum Gasteiger partial charge on any atom is -0.497 e. The number of nitriles is 1. The number of fused-ring (bicyclic) bond motifs is 2. The third kappa shape index (κ3) is 2.81. The van der Waals surface area contributed by atoms with Crippen LogP contribution in [0.1, 0.15) is 11.4 Å². The maximum atomic E-state index is 9.58. The van der Waals surface area contributed by atoms with Crippen LogP contribution in [0.2, 0.25) is 0 Å². The molecule has 0 bridgehead atoms. The van der Waals surface area contributed by atoms with Crippen LogP contribution in [-0.4, -0.2) is 23.9 Å². The quantitative estimate of drug-likeness (QED) is 0.672. The van der Waals surface area contributed by atoms with E-state index in [0.29, 0.717) is 22.9 Å². The van der Waals surface area contributed by atoms with E-state index in [1.54, 1.807) is 13.2 Å². The molecule has 1 N–H and O–H groups in total. The fourth-order valence-electron chi connectivity index (χ4n) is 2.60. The Morgan fingerprint density at radius 1 is 1.32 bits per heavy atom. The SMILES string of the molecule is COc1ccc2nc(C(C#N)=Cc3cc4c(cc3Br)OCO4)[nH]c2c1. The molecule has 2 aromatic carbocycles. The highest BCUT2D eigenvalue weighted by Gasteiger charge is 2.17. The molecule has 0 saturated heterocycles. The Morgan fingerprint density at radius 2 is 2.12 bits per heavy atom. The number of rotatable bonds is 3. The lowest BCUT2D eigenvalue weighted by molar-refractivity contribution is 0.174. The molecule has 25 heavy (non-hydrogen) atoms. The maximum absolute atomic E-state index is 9.58. The molecule has 0 amide bonds. The van der Waals surface area contributed by atoms with Crippen molar-refractivity contribution >= 4 is 38.6 Å². The Hall–Kier alpha value is -2.98. The Labute approximate surface area is 151 Å². The van der Waals surface area contributed by atoms with Gasteiger partial charge in [0, 0.05) is 10.5 Å². The molecule has 0 saturated carbocycles. The number of nitrogens with zero attached hydrogens (tertiary/aromatic N) is 2. The lowest BCUT2D eigenvalue weighted by Gasteiger charge is -2.02. The summed E-state index contributed by atoms with van der Waals surface area (Å²) in [6.45, 7) is 0.200. The fraction of sp³-hybridized carbons (Fsp3) is 0.111. The van der Waals surface area contributed by atoms with E-state index >= 15 is 0 Å². The summed E-state index contributed by atoms with van der Waals surface area (Å²) in [5.74, 6) is 2.55. The van der Waals surface area contributed by atoms with Crippen LogP contribution in [0, 0.1) is 11.3 Å². The Morgan fingerprint density at radius 3 is 2.88 bits per heavy atom. The van der Waals surface area contributed by atoms with Crippen molar-refractivity contribution in [3.05, 3.63) is 46.2 Å². The highest BCUT2D eigenvalue weighted by Crippen LogP contribution is 2.38. The molecule has 7 heteroatoms. The van der Waals surface area contributed by atoms with E-state index in [2.05, 4.69) is 32.0 Å². The van der Waals surface area contributed by atoms with Crippen LogP contribution in [0.3, 0.4) is 0 Å². The van der Waals surface area contributed by atoms with Gasteiger partial charge in [-0.05, 0) is 35.9 Å². The molecule has 0 spiro atoms. The number of benzene rings is 2. The molecular weight excluding hydrogens is 386 g/mol. The zero-order valence-electron chi connectivity index (χ0n) is 13.2. The lowest BCUT2D eigenvalue weighted by Crippen LogP contribution is -1.92. The molecule has 0 radical (unpaired) electrons. The number of halogens is 1. The van der Waals surface area contributed by atoms with Crippen LogP contribution in [0.25, 0.3) is 22.7 Å². The summed E-state index contributed by atoms with van der Waals surface area (Å²) >= 11 is 3.50. The Kier molecular flexibility index (Phi) is 3.82. The number of hydrogen-bond donors (Lipinski definition) is 1. The van der Waals surface area contributed by atoms with Gasteiger partial charge in [-0.2, -0.15) is 5.26 Å². The van der Waals surface area contributed by atoms with Crippen molar-refractivity contribution < 1.29 is 14.2 Å². The minimum absolute atomic E-state index is 0.200. The van der Waals surface area contributed by atoms with Gasteiger partial charge >= 0.3 is 0 Å². The molecule has 0 atom stereocenters. The van der Waals surface area contributed by atoms with Gasteiger partial charge in [0.15, 0.2) is 11.5 Å². The molecule has 1 aliphatic heterocycles. The summed E-state index contributed by atoms with van der Waals surface area (Å²) in [5, 5.41) is 9.58. The van der Waals surface area contributed by atoms with E-state index in [4.69, 9.17) is 14.2 Å². The molecule has 3 aromatic rings. The molecule has 0 aliphatic carbocycles. The van der Waals surface area contributed by atoms with Gasteiger partial charge in [-0.3, -0.25) is 0 Å². The molecule has 4 rings (SSSR count). The van der Waals surface area contributed by atoms with E-state index in [1.165, 1.54) is 0 Å². The number of allylic oxidation sites excluding steroid dienone is 1. The topological polar surface area (TPSA) is 80.2 Å². The number of hydrogen-bond acceptors (Lipinski definition) is 5. The van der Waals surface area contributed by atoms with Gasteiger partial charge in [0.2, 0.25) is 6.79 Å². The molecule has 1 aromatic heterocycles. The van der Waals surface area contributed by atoms with E-state index in [0.717, 1.165) is 26.8 Å². The third-order valence-corrected chi connectivity index (χ3v) is 4.54. The Balaban J connectivity index is 1.78. The van der Waals surface area contributed by atoms with Crippen molar-refractivity contribution in [3.63, 3.8) is 0 Å². The summed E-state index contributed by atoms with van der Waals surface area (Å²) in [4.78, 5) is 7.64. The normalized spacial score (nSPS) is 13.1. The van der Waals surface area contributed by atoms with E-state index in [-0.39, 0.29) is 6.79 Å². The fourth-order valence-corrected chi connectivity index (χ4v) is 3.03. The van der Waals surface area contributed by atoms with Crippen LogP contribution >= 0.6 is 15.9 Å². The highest BCUT2D eigenvalue weighted by molar-refractivity contribution is 9.10. The largest absolute Gasteiger partial charge is 0.497 e. The molecule has 0 fully saturated rings. The second-order valence-corrected chi connectivity index (χ2v) is 6.22. The highest BCUT2D eigenvalue weighted by atomic mass is 79.9. The van der Waals surface area contributed by atoms with Gasteiger partial charge in [-0.25, -0.2) is 4.98 Å². The van der Waals surface area contributed by atoms with Gasteiger partial charge < -0.3 is 19.2 Å². The molecule has 1 aliphatic rings. The first-order valence-electron chi connectivity index (χ1n) is 7.43. The van der Waals surface area contributed by atoms with Gasteiger partial charge in [-0.15, -0.1) is 0 Å². The van der Waals surface area contributed by atoms with Crippen LogP contribution in [0.15, 0.2) is 34.8 Å². The van der Waals surface area contributed by atoms with Crippen molar-refractivity contribution in [2.75, 3.05) is 13.9 Å². The standard InChI is InChI=1S/C18H12BrN3O3/c1-23-12-2-3-14-15(6-12)22-18(21-14)11(8-20)4-10-5-16-17(7-13(10)19)25-9-24-16/h2-7H,9H2,1H3,(H,21,22). The molecule has 2 heterocycles. The number of imidazole rings is 1. The molecular formula is C18H12BrN3O3.